The van der Waals surface area contributed by atoms with E-state index in [0.717, 1.165) is 17.9 Å². The van der Waals surface area contributed by atoms with Crippen molar-refractivity contribution >= 4 is 27.8 Å². The quantitative estimate of drug-likeness (QED) is 0.673. The van der Waals surface area contributed by atoms with Crippen LogP contribution >= 0.6 is 11.8 Å². The summed E-state index contributed by atoms with van der Waals surface area (Å²) in [6.07, 6.45) is 0.781. The third-order valence-electron chi connectivity index (χ3n) is 1.59. The summed E-state index contributed by atoms with van der Waals surface area (Å²) in [6.45, 7) is 0. The molecule has 1 heterocycles. The van der Waals surface area contributed by atoms with Crippen LogP contribution in [0.5, 0.6) is 0 Å². The molecule has 1 fully saturated rings. The predicted molar refractivity (Wildman–Crippen MR) is 50.3 cm³/mol. The first-order valence-corrected chi connectivity index (χ1v) is 6.60. The molecule has 0 amide bonds. The summed E-state index contributed by atoms with van der Waals surface area (Å²) in [5.41, 5.74) is 0. The van der Waals surface area contributed by atoms with Gasteiger partial charge in [0.05, 0.1) is 0 Å². The van der Waals surface area contributed by atoms with E-state index in [9.17, 15) is 13.2 Å². The minimum atomic E-state index is -3.63. The lowest BCUT2D eigenvalue weighted by atomic mass is 10.3. The van der Waals surface area contributed by atoms with Crippen molar-refractivity contribution in [3.05, 3.63) is 0 Å². The Morgan fingerprint density at radius 1 is 1.62 bits per heavy atom. The molecule has 0 aromatic carbocycles. The SMILES string of the molecule is O=C(O)CS(=O)(=O)NC1CCSC1. The lowest BCUT2D eigenvalue weighted by molar-refractivity contribution is -0.134. The molecule has 1 saturated heterocycles. The van der Waals surface area contributed by atoms with Gasteiger partial charge in [0.15, 0.2) is 5.75 Å². The van der Waals surface area contributed by atoms with Gasteiger partial charge in [0.2, 0.25) is 10.0 Å². The largest absolute Gasteiger partial charge is 0.480 e. The Bertz CT molecular complexity index is 281. The Labute approximate surface area is 80.9 Å². The number of hydrogen-bond donors (Lipinski definition) is 2. The predicted octanol–water partition coefficient (Wildman–Crippen LogP) is -0.504. The number of rotatable bonds is 4. The van der Waals surface area contributed by atoms with Gasteiger partial charge in [-0.3, -0.25) is 4.79 Å². The molecule has 1 aliphatic rings. The van der Waals surface area contributed by atoms with E-state index in [2.05, 4.69) is 4.72 Å². The van der Waals surface area contributed by atoms with Crippen LogP contribution in [0.1, 0.15) is 6.42 Å². The molecule has 5 nitrogen and oxygen atoms in total. The summed E-state index contributed by atoms with van der Waals surface area (Å²) in [5.74, 6) is -0.494. The fraction of sp³-hybridized carbons (Fsp3) is 0.833. The second-order valence-corrected chi connectivity index (χ2v) is 5.73. The summed E-state index contributed by atoms with van der Waals surface area (Å²) >= 11 is 1.67. The third-order valence-corrected chi connectivity index (χ3v) is 4.07. The van der Waals surface area contributed by atoms with E-state index >= 15 is 0 Å². The fourth-order valence-corrected chi connectivity index (χ4v) is 3.46. The van der Waals surface area contributed by atoms with Gasteiger partial charge in [0.25, 0.3) is 0 Å². The second kappa shape index (κ2) is 4.30. The first-order valence-electron chi connectivity index (χ1n) is 3.79. The zero-order valence-corrected chi connectivity index (χ0v) is 8.53. The third kappa shape index (κ3) is 3.97. The van der Waals surface area contributed by atoms with Gasteiger partial charge >= 0.3 is 5.97 Å². The van der Waals surface area contributed by atoms with E-state index in [-0.39, 0.29) is 6.04 Å². The van der Waals surface area contributed by atoms with Gasteiger partial charge in [-0.1, -0.05) is 0 Å². The molecular formula is C6H11NO4S2. The van der Waals surface area contributed by atoms with Crippen molar-refractivity contribution in [3.63, 3.8) is 0 Å². The van der Waals surface area contributed by atoms with Crippen LogP contribution in [0.2, 0.25) is 0 Å². The van der Waals surface area contributed by atoms with E-state index in [1.807, 2.05) is 0 Å². The Morgan fingerprint density at radius 2 is 2.31 bits per heavy atom. The van der Waals surface area contributed by atoms with Crippen molar-refractivity contribution in [2.75, 3.05) is 17.3 Å². The number of nitrogens with one attached hydrogen (secondary N) is 1. The number of sulfonamides is 1. The monoisotopic (exact) mass is 225 g/mol. The number of carbonyl (C=O) groups is 1. The smallest absolute Gasteiger partial charge is 0.320 e. The molecule has 0 aromatic heterocycles. The Balaban J connectivity index is 2.46. The Kier molecular flexibility index (Phi) is 3.57. The molecule has 0 radical (unpaired) electrons. The number of thioether (sulfide) groups is 1. The van der Waals surface area contributed by atoms with Crippen LogP contribution in [-0.2, 0) is 14.8 Å². The normalized spacial score (nSPS) is 23.2. The van der Waals surface area contributed by atoms with E-state index in [0.29, 0.717) is 0 Å². The van der Waals surface area contributed by atoms with Crippen LogP contribution < -0.4 is 4.72 Å². The standard InChI is InChI=1S/C6H11NO4S2/c8-6(9)4-13(10,11)7-5-1-2-12-3-5/h5,7H,1-4H2,(H,8,9). The molecule has 1 aliphatic heterocycles. The summed E-state index contributed by atoms with van der Waals surface area (Å²) in [5, 5.41) is 8.30. The van der Waals surface area contributed by atoms with E-state index in [1.165, 1.54) is 0 Å². The van der Waals surface area contributed by atoms with Crippen LogP contribution in [0.15, 0.2) is 0 Å². The molecule has 1 rings (SSSR count). The highest BCUT2D eigenvalue weighted by Crippen LogP contribution is 2.17. The molecule has 2 N–H and O–H groups in total. The topological polar surface area (TPSA) is 83.5 Å². The van der Waals surface area contributed by atoms with Crippen molar-refractivity contribution in [1.29, 1.82) is 0 Å². The molecule has 1 unspecified atom stereocenters. The molecule has 7 heteroatoms. The van der Waals surface area contributed by atoms with Gasteiger partial charge < -0.3 is 5.11 Å². The van der Waals surface area contributed by atoms with Crippen LogP contribution in [0.3, 0.4) is 0 Å². The lowest BCUT2D eigenvalue weighted by Gasteiger charge is -2.09. The van der Waals surface area contributed by atoms with Crippen molar-refractivity contribution in [3.8, 4) is 0 Å². The fourth-order valence-electron chi connectivity index (χ4n) is 1.09. The maximum Gasteiger partial charge on any atom is 0.320 e. The Hall–Kier alpha value is -0.270. The van der Waals surface area contributed by atoms with Crippen LogP contribution in [-0.4, -0.2) is 42.8 Å². The minimum absolute atomic E-state index is 0.0886. The molecule has 76 valence electrons. The molecule has 13 heavy (non-hydrogen) atoms. The van der Waals surface area contributed by atoms with Gasteiger partial charge in [-0.05, 0) is 12.2 Å². The van der Waals surface area contributed by atoms with Crippen LogP contribution in [0.4, 0.5) is 0 Å². The molecular weight excluding hydrogens is 214 g/mol. The molecule has 0 aliphatic carbocycles. The molecule has 0 aromatic rings. The number of aliphatic carboxylic acids is 1. The summed E-state index contributed by atoms with van der Waals surface area (Å²) in [6, 6.07) is -0.0886. The zero-order valence-electron chi connectivity index (χ0n) is 6.89. The second-order valence-electron chi connectivity index (χ2n) is 2.83. The highest BCUT2D eigenvalue weighted by Gasteiger charge is 2.23. The average molecular weight is 225 g/mol. The van der Waals surface area contributed by atoms with E-state index in [1.54, 1.807) is 11.8 Å². The highest BCUT2D eigenvalue weighted by molar-refractivity contribution is 7.99. The molecule has 0 bridgehead atoms. The highest BCUT2D eigenvalue weighted by atomic mass is 32.2. The average Bonchev–Trinajstić information content (AvgIpc) is 2.34. The molecule has 0 saturated carbocycles. The lowest BCUT2D eigenvalue weighted by Crippen LogP contribution is -2.38. The number of hydrogen-bond acceptors (Lipinski definition) is 4. The minimum Gasteiger partial charge on any atom is -0.480 e. The molecule has 1 atom stereocenters. The number of carboxylic acid groups (broad SMARTS) is 1. The maximum absolute atomic E-state index is 11.1. The number of carboxylic acids is 1. The van der Waals surface area contributed by atoms with Gasteiger partial charge in [-0.25, -0.2) is 13.1 Å². The van der Waals surface area contributed by atoms with Gasteiger partial charge in [-0.2, -0.15) is 11.8 Å². The first kappa shape index (κ1) is 10.8. The Morgan fingerprint density at radius 3 is 2.77 bits per heavy atom. The zero-order chi connectivity index (χ0) is 9.90. The van der Waals surface area contributed by atoms with Crippen LogP contribution in [0.25, 0.3) is 0 Å². The summed E-state index contributed by atoms with van der Waals surface area (Å²) in [4.78, 5) is 10.2. The van der Waals surface area contributed by atoms with E-state index in [4.69, 9.17) is 5.11 Å². The van der Waals surface area contributed by atoms with Crippen molar-refractivity contribution in [2.24, 2.45) is 0 Å². The van der Waals surface area contributed by atoms with E-state index < -0.39 is 21.7 Å². The molecule has 0 spiro atoms. The van der Waals surface area contributed by atoms with Gasteiger partial charge in [0.1, 0.15) is 0 Å². The van der Waals surface area contributed by atoms with Crippen LogP contribution in [0, 0.1) is 0 Å². The van der Waals surface area contributed by atoms with Crippen molar-refractivity contribution in [1.82, 2.24) is 4.72 Å². The van der Waals surface area contributed by atoms with Gasteiger partial charge in [0, 0.05) is 11.8 Å². The van der Waals surface area contributed by atoms with Crippen molar-refractivity contribution in [2.45, 2.75) is 12.5 Å². The summed E-state index contributed by atoms with van der Waals surface area (Å²) < 4.78 is 24.5. The first-order chi connectivity index (χ1) is 5.99. The maximum atomic E-state index is 11.1. The summed E-state index contributed by atoms with van der Waals surface area (Å²) in [7, 11) is -3.63. The van der Waals surface area contributed by atoms with Crippen molar-refractivity contribution < 1.29 is 18.3 Å². The van der Waals surface area contributed by atoms with Gasteiger partial charge in [-0.15, -0.1) is 0 Å².